The summed E-state index contributed by atoms with van der Waals surface area (Å²) in [6.07, 6.45) is 1.01. The van der Waals surface area contributed by atoms with E-state index in [2.05, 4.69) is 22.9 Å². The smallest absolute Gasteiger partial charge is 0.168 e. The fraction of sp³-hybridized carbons (Fsp3) is 0.267. The number of thiophene rings is 1. The van der Waals surface area contributed by atoms with Gasteiger partial charge in [-0.05, 0) is 36.1 Å². The molecule has 0 amide bonds. The normalized spacial score (nSPS) is 18.1. The van der Waals surface area contributed by atoms with Gasteiger partial charge in [0.15, 0.2) is 5.17 Å². The van der Waals surface area contributed by atoms with Gasteiger partial charge in [0.1, 0.15) is 5.82 Å². The lowest BCUT2D eigenvalue weighted by Crippen LogP contribution is -2.19. The molecule has 0 spiro atoms. The SMILES string of the molecule is CCC1=C(c2cc3cc(F)ccc3s2)N2CCN=C2S1. The van der Waals surface area contributed by atoms with E-state index >= 15 is 0 Å². The van der Waals surface area contributed by atoms with E-state index in [1.807, 2.05) is 6.07 Å². The molecule has 1 aromatic carbocycles. The van der Waals surface area contributed by atoms with Crippen LogP contribution in [0.2, 0.25) is 0 Å². The van der Waals surface area contributed by atoms with Crippen LogP contribution >= 0.6 is 23.1 Å². The summed E-state index contributed by atoms with van der Waals surface area (Å²) in [7, 11) is 0. The van der Waals surface area contributed by atoms with Crippen LogP contribution in [0.1, 0.15) is 18.2 Å². The molecule has 1 aromatic heterocycles. The molecule has 2 aliphatic rings. The highest BCUT2D eigenvalue weighted by molar-refractivity contribution is 8.17. The summed E-state index contributed by atoms with van der Waals surface area (Å²) in [5.74, 6) is -0.171. The van der Waals surface area contributed by atoms with Crippen LogP contribution in [0.25, 0.3) is 15.8 Å². The van der Waals surface area contributed by atoms with Crippen LogP contribution < -0.4 is 0 Å². The standard InChI is InChI=1S/C15H13FN2S2/c1-2-11-14(18-6-5-17-15(18)20-11)13-8-9-7-10(16)3-4-12(9)19-13/h3-4,7-8H,2,5-6H2,1H3. The largest absolute Gasteiger partial charge is 0.317 e. The maximum Gasteiger partial charge on any atom is 0.168 e. The molecule has 2 aliphatic heterocycles. The van der Waals surface area contributed by atoms with Gasteiger partial charge in [0, 0.05) is 16.1 Å². The fourth-order valence-corrected chi connectivity index (χ4v) is 4.99. The summed E-state index contributed by atoms with van der Waals surface area (Å²) in [4.78, 5) is 9.45. The first-order valence-corrected chi connectivity index (χ1v) is 8.32. The molecule has 4 rings (SSSR count). The van der Waals surface area contributed by atoms with Crippen LogP contribution in [0.15, 0.2) is 34.2 Å². The van der Waals surface area contributed by atoms with Gasteiger partial charge in [-0.15, -0.1) is 11.3 Å². The van der Waals surface area contributed by atoms with E-state index in [1.54, 1.807) is 29.2 Å². The highest BCUT2D eigenvalue weighted by Gasteiger charge is 2.32. The molecule has 0 bridgehead atoms. The molecule has 3 heterocycles. The molecule has 20 heavy (non-hydrogen) atoms. The Morgan fingerprint density at radius 1 is 1.35 bits per heavy atom. The number of amidine groups is 1. The van der Waals surface area contributed by atoms with Crippen LogP contribution in [-0.4, -0.2) is 23.2 Å². The minimum absolute atomic E-state index is 0.171. The molecule has 0 N–H and O–H groups in total. The first-order chi connectivity index (χ1) is 9.76. The number of benzene rings is 1. The summed E-state index contributed by atoms with van der Waals surface area (Å²) in [6.45, 7) is 4.02. The summed E-state index contributed by atoms with van der Waals surface area (Å²) in [5, 5.41) is 2.11. The number of fused-ring (bicyclic) bond motifs is 2. The molecule has 0 aliphatic carbocycles. The molecule has 102 valence electrons. The lowest BCUT2D eigenvalue weighted by atomic mass is 10.2. The second-order valence-electron chi connectivity index (χ2n) is 4.84. The summed E-state index contributed by atoms with van der Waals surface area (Å²) in [5.41, 5.74) is 1.29. The van der Waals surface area contributed by atoms with E-state index in [0.29, 0.717) is 0 Å². The van der Waals surface area contributed by atoms with Crippen molar-refractivity contribution in [1.29, 1.82) is 0 Å². The maximum absolute atomic E-state index is 13.3. The molecule has 5 heteroatoms. The fourth-order valence-electron chi connectivity index (χ4n) is 2.67. The van der Waals surface area contributed by atoms with Crippen molar-refractivity contribution in [2.75, 3.05) is 13.1 Å². The van der Waals surface area contributed by atoms with Gasteiger partial charge in [0.2, 0.25) is 0 Å². The van der Waals surface area contributed by atoms with Crippen LogP contribution in [0, 0.1) is 5.82 Å². The topological polar surface area (TPSA) is 15.6 Å². The predicted molar refractivity (Wildman–Crippen MR) is 85.6 cm³/mol. The van der Waals surface area contributed by atoms with Gasteiger partial charge in [0.25, 0.3) is 0 Å². The molecule has 0 unspecified atom stereocenters. The average Bonchev–Trinajstić information content (AvgIpc) is 3.09. The molecular weight excluding hydrogens is 291 g/mol. The number of thioether (sulfide) groups is 1. The monoisotopic (exact) mass is 304 g/mol. The minimum Gasteiger partial charge on any atom is -0.317 e. The lowest BCUT2D eigenvalue weighted by Gasteiger charge is -2.15. The Kier molecular flexibility index (Phi) is 2.86. The van der Waals surface area contributed by atoms with E-state index in [9.17, 15) is 4.39 Å². The Hall–Kier alpha value is -1.33. The van der Waals surface area contributed by atoms with Crippen molar-refractivity contribution in [1.82, 2.24) is 4.90 Å². The van der Waals surface area contributed by atoms with Crippen molar-refractivity contribution >= 4 is 44.0 Å². The quantitative estimate of drug-likeness (QED) is 0.809. The average molecular weight is 304 g/mol. The number of rotatable bonds is 2. The van der Waals surface area contributed by atoms with Gasteiger partial charge < -0.3 is 4.90 Å². The van der Waals surface area contributed by atoms with Crippen LogP contribution in [0.4, 0.5) is 4.39 Å². The van der Waals surface area contributed by atoms with Crippen molar-refractivity contribution in [3.8, 4) is 0 Å². The summed E-state index contributed by atoms with van der Waals surface area (Å²) >= 11 is 3.52. The number of hydrogen-bond donors (Lipinski definition) is 0. The van der Waals surface area contributed by atoms with Gasteiger partial charge in [0.05, 0.1) is 17.1 Å². The third kappa shape index (κ3) is 1.80. The van der Waals surface area contributed by atoms with E-state index in [-0.39, 0.29) is 5.82 Å². The van der Waals surface area contributed by atoms with E-state index in [1.165, 1.54) is 21.5 Å². The number of halogens is 1. The van der Waals surface area contributed by atoms with Crippen LogP contribution in [-0.2, 0) is 0 Å². The number of hydrogen-bond acceptors (Lipinski definition) is 4. The van der Waals surface area contributed by atoms with Gasteiger partial charge in [-0.1, -0.05) is 18.7 Å². The van der Waals surface area contributed by atoms with Gasteiger partial charge in [-0.3, -0.25) is 4.99 Å². The van der Waals surface area contributed by atoms with Gasteiger partial charge in [-0.25, -0.2) is 4.39 Å². The van der Waals surface area contributed by atoms with E-state index in [4.69, 9.17) is 0 Å². The Morgan fingerprint density at radius 2 is 2.25 bits per heavy atom. The first-order valence-electron chi connectivity index (χ1n) is 6.68. The Labute approximate surface area is 125 Å². The number of nitrogens with zero attached hydrogens (tertiary/aromatic N) is 2. The van der Waals surface area contributed by atoms with Gasteiger partial charge >= 0.3 is 0 Å². The highest BCUT2D eigenvalue weighted by atomic mass is 32.2. The van der Waals surface area contributed by atoms with Crippen molar-refractivity contribution in [3.05, 3.63) is 39.9 Å². The minimum atomic E-state index is -0.171. The highest BCUT2D eigenvalue weighted by Crippen LogP contribution is 2.45. The number of aliphatic imine (C=N–C) groups is 1. The maximum atomic E-state index is 13.3. The zero-order chi connectivity index (χ0) is 13.7. The van der Waals surface area contributed by atoms with Crippen molar-refractivity contribution in [2.45, 2.75) is 13.3 Å². The molecule has 0 fully saturated rings. The molecule has 2 nitrogen and oxygen atoms in total. The molecule has 0 atom stereocenters. The van der Waals surface area contributed by atoms with Crippen molar-refractivity contribution in [2.24, 2.45) is 4.99 Å². The lowest BCUT2D eigenvalue weighted by molar-refractivity contribution is 0.630. The molecule has 0 radical (unpaired) electrons. The molecule has 2 aromatic rings. The molecule has 0 saturated carbocycles. The van der Waals surface area contributed by atoms with E-state index < -0.39 is 0 Å². The second kappa shape index (κ2) is 4.60. The van der Waals surface area contributed by atoms with Crippen LogP contribution in [0.5, 0.6) is 0 Å². The second-order valence-corrected chi connectivity index (χ2v) is 6.98. The summed E-state index contributed by atoms with van der Waals surface area (Å²) < 4.78 is 14.5. The predicted octanol–water partition coefficient (Wildman–Crippen LogP) is 4.54. The zero-order valence-electron chi connectivity index (χ0n) is 11.0. The molecule has 0 saturated heterocycles. The first kappa shape index (κ1) is 12.4. The Balaban J connectivity index is 1.86. The Bertz CT molecular complexity index is 760. The zero-order valence-corrected chi connectivity index (χ0v) is 12.7. The third-order valence-electron chi connectivity index (χ3n) is 3.58. The van der Waals surface area contributed by atoms with Crippen molar-refractivity contribution < 1.29 is 4.39 Å². The van der Waals surface area contributed by atoms with Crippen molar-refractivity contribution in [3.63, 3.8) is 0 Å². The summed E-state index contributed by atoms with van der Waals surface area (Å²) in [6, 6.07) is 7.12. The van der Waals surface area contributed by atoms with E-state index in [0.717, 1.165) is 34.8 Å². The molecular formula is C15H13FN2S2. The van der Waals surface area contributed by atoms with Crippen LogP contribution in [0.3, 0.4) is 0 Å². The van der Waals surface area contributed by atoms with Gasteiger partial charge in [-0.2, -0.15) is 0 Å². The third-order valence-corrected chi connectivity index (χ3v) is 5.97. The number of allylic oxidation sites excluding steroid dienone is 1. The Morgan fingerprint density at radius 3 is 3.10 bits per heavy atom.